The summed E-state index contributed by atoms with van der Waals surface area (Å²) >= 11 is 1.50. The number of fused-ring (bicyclic) bond motifs is 1. The quantitative estimate of drug-likeness (QED) is 0.405. The summed E-state index contributed by atoms with van der Waals surface area (Å²) in [7, 11) is 0. The Labute approximate surface area is 203 Å². The van der Waals surface area contributed by atoms with Gasteiger partial charge in [-0.05, 0) is 53.8 Å². The van der Waals surface area contributed by atoms with E-state index < -0.39 is 11.9 Å². The monoisotopic (exact) mass is 490 g/mol. The Balaban J connectivity index is 1.42. The highest BCUT2D eigenvalue weighted by Crippen LogP contribution is 2.39. The Morgan fingerprint density at radius 2 is 2.03 bits per heavy atom. The van der Waals surface area contributed by atoms with E-state index in [0.717, 1.165) is 10.4 Å². The van der Waals surface area contributed by atoms with Crippen molar-refractivity contribution in [3.05, 3.63) is 88.5 Å². The van der Waals surface area contributed by atoms with Crippen LogP contribution in [0, 0.1) is 5.82 Å². The van der Waals surface area contributed by atoms with E-state index in [0.29, 0.717) is 34.2 Å². The fourth-order valence-corrected chi connectivity index (χ4v) is 4.89. The maximum atomic E-state index is 14.1. The smallest absolute Gasteiger partial charge is 0.322 e. The van der Waals surface area contributed by atoms with Crippen LogP contribution in [0.3, 0.4) is 0 Å². The van der Waals surface area contributed by atoms with Crippen LogP contribution >= 0.6 is 11.3 Å². The maximum Gasteiger partial charge on any atom is 0.322 e. The molecule has 2 aromatic carbocycles. The lowest BCUT2D eigenvalue weighted by Gasteiger charge is -2.35. The van der Waals surface area contributed by atoms with Crippen molar-refractivity contribution in [2.45, 2.75) is 19.5 Å². The zero-order valence-corrected chi connectivity index (χ0v) is 19.3. The van der Waals surface area contributed by atoms with E-state index in [9.17, 15) is 9.18 Å². The minimum atomic E-state index is -0.664. The number of carbonyl (C=O) groups is 1. The van der Waals surface area contributed by atoms with Gasteiger partial charge >= 0.3 is 6.03 Å². The Morgan fingerprint density at radius 1 is 1.14 bits per heavy atom. The third-order valence-corrected chi connectivity index (χ3v) is 6.82. The number of hydrogen-bond donors (Lipinski definition) is 1. The molecule has 0 radical (unpaired) electrons. The number of thiophene rings is 1. The van der Waals surface area contributed by atoms with Gasteiger partial charge in [-0.25, -0.2) is 9.18 Å². The number of nitrogens with one attached hydrogen (secondary N) is 1. The molecule has 176 valence electrons. The molecule has 4 heterocycles. The second-order valence-corrected chi connectivity index (χ2v) is 9.06. The number of allylic oxidation sites excluding steroid dienone is 1. The van der Waals surface area contributed by atoms with Crippen molar-refractivity contribution in [2.75, 3.05) is 6.79 Å². The molecule has 2 amide bonds. The average molecular weight is 491 g/mol. The normalized spacial score (nSPS) is 17.1. The minimum Gasteiger partial charge on any atom is -0.454 e. The number of urea groups is 1. The molecule has 0 saturated carbocycles. The third kappa shape index (κ3) is 3.91. The van der Waals surface area contributed by atoms with E-state index in [1.807, 2.05) is 42.6 Å². The number of aromatic nitrogens is 2. The molecule has 2 aliphatic rings. The second-order valence-electron chi connectivity index (χ2n) is 8.11. The lowest BCUT2D eigenvalue weighted by Crippen LogP contribution is -2.45. The summed E-state index contributed by atoms with van der Waals surface area (Å²) in [5, 5.41) is 9.05. The Kier molecular flexibility index (Phi) is 5.22. The molecule has 0 aliphatic carbocycles. The van der Waals surface area contributed by atoms with Crippen LogP contribution in [0.5, 0.6) is 11.5 Å². The van der Waals surface area contributed by atoms with Gasteiger partial charge in [0.1, 0.15) is 5.82 Å². The molecule has 2 aliphatic heterocycles. The molecular formula is C25H19FN4O4S. The first kappa shape index (κ1) is 21.4. The van der Waals surface area contributed by atoms with E-state index in [1.165, 1.54) is 23.5 Å². The van der Waals surface area contributed by atoms with Gasteiger partial charge < -0.3 is 19.3 Å². The minimum absolute atomic E-state index is 0.172. The predicted octanol–water partition coefficient (Wildman–Crippen LogP) is 5.36. The lowest BCUT2D eigenvalue weighted by molar-refractivity contribution is 0.174. The second kappa shape index (κ2) is 8.55. The van der Waals surface area contributed by atoms with E-state index >= 15 is 0 Å². The molecule has 35 heavy (non-hydrogen) atoms. The highest BCUT2D eigenvalue weighted by molar-refractivity contribution is 7.13. The molecule has 0 saturated heterocycles. The van der Waals surface area contributed by atoms with Gasteiger partial charge in [-0.1, -0.05) is 29.4 Å². The van der Waals surface area contributed by atoms with E-state index in [1.54, 1.807) is 17.0 Å². The first-order valence-corrected chi connectivity index (χ1v) is 11.8. The number of carbonyl (C=O) groups excluding carboxylic acids is 1. The SMILES string of the molecule is CC1=C(c2nc(-c3cccs3)no2)C(c2cccc(F)c2)NC(=O)N1Cc1ccc2c(c1)OCO2. The molecule has 0 fully saturated rings. The molecule has 1 N–H and O–H groups in total. The maximum absolute atomic E-state index is 14.1. The fraction of sp³-hybridized carbons (Fsp3) is 0.160. The summed E-state index contributed by atoms with van der Waals surface area (Å²) < 4.78 is 30.6. The summed E-state index contributed by atoms with van der Waals surface area (Å²) in [5.74, 6) is 1.62. The van der Waals surface area contributed by atoms with Gasteiger partial charge in [0, 0.05) is 5.70 Å². The number of amides is 2. The van der Waals surface area contributed by atoms with Crippen LogP contribution in [0.2, 0.25) is 0 Å². The Bertz CT molecular complexity index is 1450. The molecule has 10 heteroatoms. The van der Waals surface area contributed by atoms with Crippen molar-refractivity contribution in [2.24, 2.45) is 0 Å². The van der Waals surface area contributed by atoms with E-state index in [-0.39, 0.29) is 25.3 Å². The Morgan fingerprint density at radius 3 is 2.86 bits per heavy atom. The molecule has 6 rings (SSSR count). The van der Waals surface area contributed by atoms with Crippen LogP contribution in [0.15, 0.2) is 70.2 Å². The van der Waals surface area contributed by atoms with E-state index in [2.05, 4.69) is 15.5 Å². The van der Waals surface area contributed by atoms with Crippen LogP contribution in [0.4, 0.5) is 9.18 Å². The number of hydrogen-bond acceptors (Lipinski definition) is 7. The van der Waals surface area contributed by atoms with Gasteiger partial charge in [-0.2, -0.15) is 4.98 Å². The van der Waals surface area contributed by atoms with Crippen LogP contribution in [0.1, 0.15) is 30.0 Å². The molecule has 1 atom stereocenters. The van der Waals surface area contributed by atoms with Gasteiger partial charge in [0.05, 0.1) is 23.0 Å². The van der Waals surface area contributed by atoms with E-state index in [4.69, 9.17) is 14.0 Å². The fourth-order valence-electron chi connectivity index (χ4n) is 4.25. The largest absolute Gasteiger partial charge is 0.454 e. The number of benzene rings is 2. The van der Waals surface area contributed by atoms with Crippen molar-refractivity contribution in [3.63, 3.8) is 0 Å². The number of halogens is 1. The first-order valence-electron chi connectivity index (χ1n) is 10.9. The van der Waals surface area contributed by atoms with Crippen molar-refractivity contribution in [1.82, 2.24) is 20.4 Å². The molecular weight excluding hydrogens is 471 g/mol. The molecule has 0 spiro atoms. The van der Waals surface area contributed by atoms with Gasteiger partial charge in [0.15, 0.2) is 11.5 Å². The van der Waals surface area contributed by atoms with Crippen LogP contribution < -0.4 is 14.8 Å². The molecule has 2 aromatic heterocycles. The standard InChI is InChI=1S/C25H19FN4O4S/c1-14-21(24-28-23(29-34-24)20-6-3-9-35-20)22(16-4-2-5-17(26)11-16)27-25(31)30(14)12-15-7-8-18-19(10-15)33-13-32-18/h2-11,22H,12-13H2,1H3,(H,27,31). The van der Waals surface area contributed by atoms with Gasteiger partial charge in [0.2, 0.25) is 12.6 Å². The molecule has 1 unspecified atom stereocenters. The zero-order chi connectivity index (χ0) is 23.9. The third-order valence-electron chi connectivity index (χ3n) is 5.95. The first-order chi connectivity index (χ1) is 17.1. The number of rotatable bonds is 5. The Hall–Kier alpha value is -4.18. The molecule has 8 nitrogen and oxygen atoms in total. The lowest BCUT2D eigenvalue weighted by atomic mass is 9.94. The summed E-state index contributed by atoms with van der Waals surface area (Å²) in [6.07, 6.45) is 0. The summed E-state index contributed by atoms with van der Waals surface area (Å²) in [5.41, 5.74) is 2.66. The highest BCUT2D eigenvalue weighted by Gasteiger charge is 2.36. The summed E-state index contributed by atoms with van der Waals surface area (Å²) in [6, 6.07) is 14.5. The van der Waals surface area contributed by atoms with Crippen LogP contribution in [-0.2, 0) is 6.54 Å². The van der Waals surface area contributed by atoms with Crippen molar-refractivity contribution < 1.29 is 23.2 Å². The predicted molar refractivity (Wildman–Crippen MR) is 126 cm³/mol. The molecule has 0 bridgehead atoms. The topological polar surface area (TPSA) is 89.7 Å². The van der Waals surface area contributed by atoms with Crippen LogP contribution in [0.25, 0.3) is 16.3 Å². The molecule has 4 aromatic rings. The summed E-state index contributed by atoms with van der Waals surface area (Å²) in [4.78, 5) is 20.3. The van der Waals surface area contributed by atoms with Gasteiger partial charge in [-0.3, -0.25) is 4.90 Å². The van der Waals surface area contributed by atoms with Crippen LogP contribution in [-0.4, -0.2) is 27.9 Å². The average Bonchev–Trinajstić information content (AvgIpc) is 3.62. The van der Waals surface area contributed by atoms with Gasteiger partial charge in [-0.15, -0.1) is 11.3 Å². The number of ether oxygens (including phenoxy) is 2. The van der Waals surface area contributed by atoms with Gasteiger partial charge in [0.25, 0.3) is 5.89 Å². The zero-order valence-electron chi connectivity index (χ0n) is 18.5. The van der Waals surface area contributed by atoms with Crippen molar-refractivity contribution >= 4 is 22.9 Å². The van der Waals surface area contributed by atoms with Crippen molar-refractivity contribution in [3.8, 4) is 22.2 Å². The number of nitrogens with zero attached hydrogens (tertiary/aromatic N) is 3. The highest BCUT2D eigenvalue weighted by atomic mass is 32.1. The summed E-state index contributed by atoms with van der Waals surface area (Å²) in [6.45, 7) is 2.27. The van der Waals surface area contributed by atoms with Crippen molar-refractivity contribution in [1.29, 1.82) is 0 Å².